The predicted molar refractivity (Wildman–Crippen MR) is 85.2 cm³/mol. The molecule has 1 aromatic carbocycles. The highest BCUT2D eigenvalue weighted by Gasteiger charge is 2.52. The summed E-state index contributed by atoms with van der Waals surface area (Å²) in [6.07, 6.45) is -1.12. The van der Waals surface area contributed by atoms with E-state index in [1.807, 2.05) is 44.2 Å². The Balaban J connectivity index is 1.66. The van der Waals surface area contributed by atoms with Gasteiger partial charge in [0.15, 0.2) is 5.79 Å². The molecule has 0 radical (unpaired) electrons. The molecule has 6 nitrogen and oxygen atoms in total. The molecule has 0 aromatic heterocycles. The van der Waals surface area contributed by atoms with Crippen molar-refractivity contribution in [3.05, 3.63) is 35.9 Å². The number of esters is 1. The summed E-state index contributed by atoms with van der Waals surface area (Å²) in [6.45, 7) is 4.54. The Morgan fingerprint density at radius 2 is 1.92 bits per heavy atom. The van der Waals surface area contributed by atoms with Crippen molar-refractivity contribution in [2.75, 3.05) is 13.7 Å². The van der Waals surface area contributed by atoms with E-state index >= 15 is 0 Å². The first-order valence-electron chi connectivity index (χ1n) is 8.18. The lowest BCUT2D eigenvalue weighted by atomic mass is 9.98. The highest BCUT2D eigenvalue weighted by Crippen LogP contribution is 2.37. The van der Waals surface area contributed by atoms with Crippen LogP contribution in [0.1, 0.15) is 25.8 Å². The van der Waals surface area contributed by atoms with Crippen LogP contribution in [0.4, 0.5) is 0 Å². The third-order valence-corrected chi connectivity index (χ3v) is 4.27. The van der Waals surface area contributed by atoms with Crippen LogP contribution in [0, 0.1) is 0 Å². The second-order valence-electron chi connectivity index (χ2n) is 6.55. The minimum atomic E-state index is -0.730. The van der Waals surface area contributed by atoms with Crippen LogP contribution >= 0.6 is 0 Å². The van der Waals surface area contributed by atoms with Crippen LogP contribution in [0.25, 0.3) is 0 Å². The van der Waals surface area contributed by atoms with Gasteiger partial charge in [-0.3, -0.25) is 4.79 Å². The number of methoxy groups -OCH3 is 1. The number of rotatable bonds is 5. The minimum Gasteiger partial charge on any atom is -0.469 e. The Kier molecular flexibility index (Phi) is 5.20. The first-order valence-corrected chi connectivity index (χ1v) is 8.18. The Bertz CT molecular complexity index is 558. The molecule has 4 atom stereocenters. The quantitative estimate of drug-likeness (QED) is 0.767. The second kappa shape index (κ2) is 7.19. The zero-order valence-electron chi connectivity index (χ0n) is 14.3. The molecular formula is C18H24O6. The Morgan fingerprint density at radius 1 is 1.21 bits per heavy atom. The largest absolute Gasteiger partial charge is 0.469 e. The van der Waals surface area contributed by atoms with Crippen molar-refractivity contribution in [2.24, 2.45) is 0 Å². The molecule has 3 rings (SSSR count). The molecule has 0 bridgehead atoms. The van der Waals surface area contributed by atoms with Gasteiger partial charge < -0.3 is 23.7 Å². The highest BCUT2D eigenvalue weighted by molar-refractivity contribution is 5.69. The number of ether oxygens (including phenoxy) is 5. The van der Waals surface area contributed by atoms with Gasteiger partial charge in [-0.05, 0) is 19.4 Å². The van der Waals surface area contributed by atoms with Crippen molar-refractivity contribution < 1.29 is 28.5 Å². The lowest BCUT2D eigenvalue weighted by Crippen LogP contribution is -2.52. The normalized spacial score (nSPS) is 31.5. The first-order chi connectivity index (χ1) is 11.5. The fraction of sp³-hybridized carbons (Fsp3) is 0.611. The third-order valence-electron chi connectivity index (χ3n) is 4.27. The Morgan fingerprint density at radius 3 is 2.62 bits per heavy atom. The van der Waals surface area contributed by atoms with Crippen molar-refractivity contribution in [1.29, 1.82) is 0 Å². The Labute approximate surface area is 142 Å². The van der Waals surface area contributed by atoms with E-state index in [1.54, 1.807) is 0 Å². The molecule has 132 valence electrons. The fourth-order valence-corrected chi connectivity index (χ4v) is 3.14. The molecule has 2 fully saturated rings. The fourth-order valence-electron chi connectivity index (χ4n) is 3.14. The van der Waals surface area contributed by atoms with Crippen molar-refractivity contribution in [3.63, 3.8) is 0 Å². The van der Waals surface area contributed by atoms with Crippen LogP contribution in [-0.2, 0) is 35.1 Å². The lowest BCUT2D eigenvalue weighted by molar-refractivity contribution is -0.175. The molecule has 0 amide bonds. The van der Waals surface area contributed by atoms with Gasteiger partial charge in [0.1, 0.15) is 18.3 Å². The summed E-state index contributed by atoms with van der Waals surface area (Å²) >= 11 is 0. The summed E-state index contributed by atoms with van der Waals surface area (Å²) < 4.78 is 28.6. The van der Waals surface area contributed by atoms with E-state index in [-0.39, 0.29) is 36.8 Å². The van der Waals surface area contributed by atoms with Crippen LogP contribution < -0.4 is 0 Å². The molecule has 24 heavy (non-hydrogen) atoms. The van der Waals surface area contributed by atoms with Gasteiger partial charge in [-0.2, -0.15) is 0 Å². The number of carbonyl (C=O) groups excluding carboxylic acids is 1. The maximum Gasteiger partial charge on any atom is 0.308 e. The standard InChI is InChI=1S/C18H24O6/c1-18(2)23-16-13(9-15(19)20-3)22-11-14(17(16)24-18)21-10-12-7-5-4-6-8-12/h4-8,13-14,16-17H,9-11H2,1-3H3/t13-,14+,16+,17-/m1/s1. The maximum absolute atomic E-state index is 11.6. The first kappa shape index (κ1) is 17.4. The van der Waals surface area contributed by atoms with Crippen molar-refractivity contribution >= 4 is 5.97 Å². The molecule has 2 aliphatic rings. The summed E-state index contributed by atoms with van der Waals surface area (Å²) in [7, 11) is 1.37. The molecule has 6 heteroatoms. The average molecular weight is 336 g/mol. The van der Waals surface area contributed by atoms with Crippen LogP contribution in [-0.4, -0.2) is 49.9 Å². The minimum absolute atomic E-state index is 0.141. The van der Waals surface area contributed by atoms with Gasteiger partial charge in [0.2, 0.25) is 0 Å². The molecule has 2 heterocycles. The number of fused-ring (bicyclic) bond motifs is 1. The molecule has 2 saturated heterocycles. The van der Waals surface area contributed by atoms with Crippen LogP contribution in [0.5, 0.6) is 0 Å². The summed E-state index contributed by atoms with van der Waals surface area (Å²) in [4.78, 5) is 11.6. The number of carbonyl (C=O) groups is 1. The zero-order chi connectivity index (χ0) is 17.2. The maximum atomic E-state index is 11.6. The van der Waals surface area contributed by atoms with Gasteiger partial charge in [-0.25, -0.2) is 0 Å². The average Bonchev–Trinajstić information content (AvgIpc) is 2.90. The smallest absolute Gasteiger partial charge is 0.308 e. The third kappa shape index (κ3) is 3.95. The van der Waals surface area contributed by atoms with E-state index in [9.17, 15) is 4.79 Å². The van der Waals surface area contributed by atoms with Gasteiger partial charge >= 0.3 is 5.97 Å². The van der Waals surface area contributed by atoms with Gasteiger partial charge in [-0.1, -0.05) is 30.3 Å². The van der Waals surface area contributed by atoms with E-state index in [0.717, 1.165) is 5.56 Å². The summed E-state index contributed by atoms with van der Waals surface area (Å²) in [5, 5.41) is 0. The van der Waals surface area contributed by atoms with E-state index in [1.165, 1.54) is 7.11 Å². The van der Waals surface area contributed by atoms with Gasteiger partial charge in [0, 0.05) is 0 Å². The number of hydrogen-bond acceptors (Lipinski definition) is 6. The second-order valence-corrected chi connectivity index (χ2v) is 6.55. The van der Waals surface area contributed by atoms with Crippen LogP contribution in [0.2, 0.25) is 0 Å². The topological polar surface area (TPSA) is 63.2 Å². The summed E-state index contributed by atoms with van der Waals surface area (Å²) in [5.41, 5.74) is 1.09. The van der Waals surface area contributed by atoms with Crippen molar-refractivity contribution in [1.82, 2.24) is 0 Å². The predicted octanol–water partition coefficient (Wildman–Crippen LogP) is 2.05. The SMILES string of the molecule is COC(=O)C[C@H]1OC[C@H](OCc2ccccc2)[C@H]2OC(C)(C)O[C@H]21. The number of hydrogen-bond donors (Lipinski definition) is 0. The molecule has 0 unspecified atom stereocenters. The van der Waals surface area contributed by atoms with Gasteiger partial charge in [0.25, 0.3) is 0 Å². The van der Waals surface area contributed by atoms with E-state index in [2.05, 4.69) is 0 Å². The van der Waals surface area contributed by atoms with Crippen LogP contribution in [0.3, 0.4) is 0 Å². The number of benzene rings is 1. The Hall–Kier alpha value is -1.47. The summed E-state index contributed by atoms with van der Waals surface area (Å²) in [6, 6.07) is 9.94. The highest BCUT2D eigenvalue weighted by atomic mass is 16.8. The zero-order valence-corrected chi connectivity index (χ0v) is 14.3. The molecule has 1 aromatic rings. The van der Waals surface area contributed by atoms with Gasteiger partial charge in [0.05, 0.1) is 32.8 Å². The molecule has 0 aliphatic carbocycles. The molecular weight excluding hydrogens is 312 g/mol. The van der Waals surface area contributed by atoms with E-state index in [4.69, 9.17) is 23.7 Å². The molecule has 0 saturated carbocycles. The monoisotopic (exact) mass is 336 g/mol. The summed E-state index contributed by atoms with van der Waals surface area (Å²) in [5.74, 6) is -1.05. The van der Waals surface area contributed by atoms with E-state index in [0.29, 0.717) is 13.2 Å². The van der Waals surface area contributed by atoms with Crippen molar-refractivity contribution in [2.45, 2.75) is 57.1 Å². The molecule has 0 N–H and O–H groups in total. The molecule has 2 aliphatic heterocycles. The van der Waals surface area contributed by atoms with Crippen LogP contribution in [0.15, 0.2) is 30.3 Å². The van der Waals surface area contributed by atoms with Crippen molar-refractivity contribution in [3.8, 4) is 0 Å². The van der Waals surface area contributed by atoms with Gasteiger partial charge in [-0.15, -0.1) is 0 Å². The molecule has 0 spiro atoms. The lowest BCUT2D eigenvalue weighted by Gasteiger charge is -2.36. The van der Waals surface area contributed by atoms with E-state index < -0.39 is 5.79 Å².